The van der Waals surface area contributed by atoms with Crippen LogP contribution in [0.3, 0.4) is 0 Å². The maximum Gasteiger partial charge on any atom is 0.254 e. The van der Waals surface area contributed by atoms with Crippen LogP contribution < -0.4 is 5.56 Å². The predicted molar refractivity (Wildman–Crippen MR) is 122 cm³/mol. The van der Waals surface area contributed by atoms with Gasteiger partial charge in [-0.3, -0.25) is 14.5 Å². The summed E-state index contributed by atoms with van der Waals surface area (Å²) in [6.07, 6.45) is 12.9. The first kappa shape index (κ1) is 22.1. The number of methoxy groups -OCH3 is 1. The van der Waals surface area contributed by atoms with Crippen LogP contribution in [0.4, 0.5) is 0 Å². The highest BCUT2D eigenvalue weighted by Gasteiger charge is 2.36. The van der Waals surface area contributed by atoms with Gasteiger partial charge in [-0.25, -0.2) is 4.98 Å². The molecule has 0 aromatic carbocycles. The largest absolute Gasteiger partial charge is 0.381 e. The first-order valence-corrected chi connectivity index (χ1v) is 12.8. The van der Waals surface area contributed by atoms with Gasteiger partial charge < -0.3 is 14.6 Å². The first-order valence-electron chi connectivity index (χ1n) is 12.8. The molecule has 1 saturated heterocycles. The van der Waals surface area contributed by atoms with Crippen LogP contribution in [-0.2, 0) is 22.5 Å². The number of aromatic nitrogens is 2. The number of H-pyrrole nitrogens is 1. The number of fused-ring (bicyclic) bond motifs is 1. The highest BCUT2D eigenvalue weighted by Crippen LogP contribution is 2.35. The van der Waals surface area contributed by atoms with Crippen LogP contribution in [-0.4, -0.2) is 58.0 Å². The lowest BCUT2D eigenvalue weighted by atomic mass is 9.85. The van der Waals surface area contributed by atoms with Crippen LogP contribution in [0.15, 0.2) is 4.79 Å². The molecule has 32 heavy (non-hydrogen) atoms. The lowest BCUT2D eigenvalue weighted by molar-refractivity contribution is -0.141. The van der Waals surface area contributed by atoms with E-state index in [1.165, 1.54) is 25.7 Å². The fourth-order valence-corrected chi connectivity index (χ4v) is 6.48. The van der Waals surface area contributed by atoms with Crippen molar-refractivity contribution in [2.45, 2.75) is 102 Å². The van der Waals surface area contributed by atoms with Gasteiger partial charge in [-0.15, -0.1) is 0 Å². The standard InChI is InChI=1S/C25H38N4O3/c1-32-19-11-9-17(10-12-19)25(31)29-14-5-4-8-22(29)23-26-21-16-28(18-6-2-3-7-18)15-13-20(21)24(30)27-23/h17-19,22H,2-16H2,1H3,(H,26,27,30)/t17?,19?,22-/m0/s1. The Hall–Kier alpha value is -1.73. The van der Waals surface area contributed by atoms with Crippen LogP contribution in [0.5, 0.6) is 0 Å². The van der Waals surface area contributed by atoms with Crippen LogP contribution in [0.1, 0.15) is 93.8 Å². The average molecular weight is 443 g/mol. The Morgan fingerprint density at radius 1 is 1.00 bits per heavy atom. The number of nitrogens with zero attached hydrogens (tertiary/aromatic N) is 3. The van der Waals surface area contributed by atoms with E-state index in [1.54, 1.807) is 7.11 Å². The first-order chi connectivity index (χ1) is 15.6. The highest BCUT2D eigenvalue weighted by molar-refractivity contribution is 5.79. The lowest BCUT2D eigenvalue weighted by Crippen LogP contribution is -2.45. The summed E-state index contributed by atoms with van der Waals surface area (Å²) in [5, 5.41) is 0. The van der Waals surface area contributed by atoms with E-state index < -0.39 is 0 Å². The molecule has 3 heterocycles. The van der Waals surface area contributed by atoms with Crippen molar-refractivity contribution in [1.29, 1.82) is 0 Å². The number of nitrogens with one attached hydrogen (secondary N) is 1. The predicted octanol–water partition coefficient (Wildman–Crippen LogP) is 3.33. The zero-order chi connectivity index (χ0) is 22.1. The lowest BCUT2D eigenvalue weighted by Gasteiger charge is -2.39. The van der Waals surface area contributed by atoms with E-state index in [2.05, 4.69) is 9.88 Å². The van der Waals surface area contributed by atoms with Crippen LogP contribution >= 0.6 is 0 Å². The summed E-state index contributed by atoms with van der Waals surface area (Å²) in [5.74, 6) is 1.03. The number of likely N-dealkylation sites (tertiary alicyclic amines) is 1. The molecule has 2 saturated carbocycles. The fraction of sp³-hybridized carbons (Fsp3) is 0.800. The number of piperidine rings is 1. The Labute approximate surface area is 190 Å². The van der Waals surface area contributed by atoms with Gasteiger partial charge in [-0.1, -0.05) is 12.8 Å². The molecule has 7 heteroatoms. The van der Waals surface area contributed by atoms with Crippen molar-refractivity contribution in [3.8, 4) is 0 Å². The SMILES string of the molecule is COC1CCC(C(=O)N2CCCC[C@H]2c2nc3c(c(=O)[nH]2)CCN(C2CCCC2)C3)CC1. The molecule has 7 nitrogen and oxygen atoms in total. The molecule has 176 valence electrons. The van der Waals surface area contributed by atoms with Crippen molar-refractivity contribution in [2.75, 3.05) is 20.2 Å². The van der Waals surface area contributed by atoms with E-state index in [9.17, 15) is 9.59 Å². The molecule has 4 aliphatic rings. The van der Waals surface area contributed by atoms with Gasteiger partial charge in [0, 0.05) is 44.3 Å². The maximum absolute atomic E-state index is 13.5. The van der Waals surface area contributed by atoms with Crippen LogP contribution in [0, 0.1) is 5.92 Å². The van der Waals surface area contributed by atoms with Crippen LogP contribution in [0.25, 0.3) is 0 Å². The molecular formula is C25H38N4O3. The molecular weight excluding hydrogens is 404 g/mol. The van der Waals surface area contributed by atoms with E-state index >= 15 is 0 Å². The summed E-state index contributed by atoms with van der Waals surface area (Å²) in [6.45, 7) is 2.50. The van der Waals surface area contributed by atoms with E-state index in [0.717, 1.165) is 82.3 Å². The second-order valence-corrected chi connectivity index (χ2v) is 10.3. The Balaban J connectivity index is 1.35. The van der Waals surface area contributed by atoms with Gasteiger partial charge in [0.25, 0.3) is 5.56 Å². The average Bonchev–Trinajstić information content (AvgIpc) is 3.38. The van der Waals surface area contributed by atoms with Gasteiger partial charge in [0.1, 0.15) is 5.82 Å². The quantitative estimate of drug-likeness (QED) is 0.774. The van der Waals surface area contributed by atoms with E-state index in [0.29, 0.717) is 11.9 Å². The Bertz CT molecular complexity index is 870. The van der Waals surface area contributed by atoms with Gasteiger partial charge in [0.05, 0.1) is 17.8 Å². The molecule has 0 bridgehead atoms. The maximum atomic E-state index is 13.5. The number of hydrogen-bond donors (Lipinski definition) is 1. The third-order valence-corrected chi connectivity index (χ3v) is 8.42. The number of carbonyl (C=O) groups is 1. The summed E-state index contributed by atoms with van der Waals surface area (Å²) in [7, 11) is 1.76. The third-order valence-electron chi connectivity index (χ3n) is 8.42. The number of amides is 1. The van der Waals surface area contributed by atoms with E-state index in [-0.39, 0.29) is 29.5 Å². The van der Waals surface area contributed by atoms with Crippen molar-refractivity contribution in [2.24, 2.45) is 5.92 Å². The molecule has 2 aliphatic carbocycles. The van der Waals surface area contributed by atoms with Crippen LogP contribution in [0.2, 0.25) is 0 Å². The molecule has 3 fully saturated rings. The minimum Gasteiger partial charge on any atom is -0.381 e. The van der Waals surface area contributed by atoms with Gasteiger partial charge >= 0.3 is 0 Å². The molecule has 1 aromatic heterocycles. The second kappa shape index (κ2) is 9.64. The molecule has 5 rings (SSSR count). The number of ether oxygens (including phenoxy) is 1. The van der Waals surface area contributed by atoms with Crippen molar-refractivity contribution >= 4 is 5.91 Å². The Kier molecular flexibility index (Phi) is 6.65. The smallest absolute Gasteiger partial charge is 0.254 e. The normalized spacial score (nSPS) is 29.8. The number of aromatic amines is 1. The van der Waals surface area contributed by atoms with Crippen molar-refractivity contribution < 1.29 is 9.53 Å². The molecule has 1 aromatic rings. The van der Waals surface area contributed by atoms with Gasteiger partial charge in [-0.05, 0) is 64.2 Å². The highest BCUT2D eigenvalue weighted by atomic mass is 16.5. The van der Waals surface area contributed by atoms with Gasteiger partial charge in [0.15, 0.2) is 0 Å². The summed E-state index contributed by atoms with van der Waals surface area (Å²) in [4.78, 5) is 39.1. The van der Waals surface area contributed by atoms with E-state index in [4.69, 9.17) is 9.72 Å². The minimum absolute atomic E-state index is 0.00893. The monoisotopic (exact) mass is 442 g/mol. The summed E-state index contributed by atoms with van der Waals surface area (Å²) in [5.41, 5.74) is 1.81. The van der Waals surface area contributed by atoms with Crippen molar-refractivity contribution in [3.05, 3.63) is 27.4 Å². The van der Waals surface area contributed by atoms with Gasteiger partial charge in [0.2, 0.25) is 5.91 Å². The van der Waals surface area contributed by atoms with Gasteiger partial charge in [-0.2, -0.15) is 0 Å². The molecule has 2 aliphatic heterocycles. The number of hydrogen-bond acceptors (Lipinski definition) is 5. The third kappa shape index (κ3) is 4.38. The molecule has 1 atom stereocenters. The Morgan fingerprint density at radius 2 is 1.75 bits per heavy atom. The van der Waals surface area contributed by atoms with Crippen molar-refractivity contribution in [1.82, 2.24) is 19.8 Å². The molecule has 0 radical (unpaired) electrons. The zero-order valence-corrected chi connectivity index (χ0v) is 19.5. The number of carbonyl (C=O) groups excluding carboxylic acids is 1. The minimum atomic E-state index is -0.101. The second-order valence-electron chi connectivity index (χ2n) is 10.3. The zero-order valence-electron chi connectivity index (χ0n) is 19.5. The molecule has 0 spiro atoms. The number of rotatable bonds is 4. The van der Waals surface area contributed by atoms with E-state index in [1.807, 2.05) is 4.90 Å². The molecule has 0 unspecified atom stereocenters. The molecule has 1 N–H and O–H groups in total. The summed E-state index contributed by atoms with van der Waals surface area (Å²) >= 11 is 0. The topological polar surface area (TPSA) is 78.5 Å². The Morgan fingerprint density at radius 3 is 2.50 bits per heavy atom. The van der Waals surface area contributed by atoms with Crippen molar-refractivity contribution in [3.63, 3.8) is 0 Å². The summed E-state index contributed by atoms with van der Waals surface area (Å²) < 4.78 is 5.49. The fourth-order valence-electron chi connectivity index (χ4n) is 6.48. The summed E-state index contributed by atoms with van der Waals surface area (Å²) in [6, 6.07) is 0.541. The molecule has 1 amide bonds.